The lowest BCUT2D eigenvalue weighted by molar-refractivity contribution is 0.0516. The van der Waals surface area contributed by atoms with Crippen LogP contribution in [0.2, 0.25) is 0 Å². The molecular weight excluding hydrogens is 234 g/mol. The normalized spacial score (nSPS) is 10.1. The van der Waals surface area contributed by atoms with Gasteiger partial charge in [0.05, 0.1) is 6.61 Å². The van der Waals surface area contributed by atoms with Crippen molar-refractivity contribution in [1.29, 1.82) is 0 Å². The minimum Gasteiger partial charge on any atom is -0.461 e. The number of aromatic amines is 1. The number of hydrogen-bond acceptors (Lipinski definition) is 5. The molecule has 18 heavy (non-hydrogen) atoms. The van der Waals surface area contributed by atoms with Crippen molar-refractivity contribution in [1.82, 2.24) is 15.4 Å². The number of ether oxygens (including phenoxy) is 2. The van der Waals surface area contributed by atoms with Crippen LogP contribution in [-0.2, 0) is 4.74 Å². The molecule has 1 N–H and O–H groups in total. The Kier molecular flexibility index (Phi) is 3.57. The molecule has 0 aliphatic carbocycles. The van der Waals surface area contributed by atoms with Crippen molar-refractivity contribution in [2.24, 2.45) is 0 Å². The van der Waals surface area contributed by atoms with Crippen LogP contribution in [0, 0.1) is 6.92 Å². The maximum absolute atomic E-state index is 11.6. The molecule has 6 heteroatoms. The number of aryl methyl sites for hydroxylation is 1. The Hall–Kier alpha value is -2.37. The van der Waals surface area contributed by atoms with Gasteiger partial charge in [0.25, 0.3) is 5.88 Å². The minimum atomic E-state index is -0.537. The van der Waals surface area contributed by atoms with E-state index in [2.05, 4.69) is 15.4 Å². The monoisotopic (exact) mass is 247 g/mol. The molecule has 0 aliphatic rings. The highest BCUT2D eigenvalue weighted by Gasteiger charge is 2.18. The summed E-state index contributed by atoms with van der Waals surface area (Å²) in [5.41, 5.74) is 1.23. The van der Waals surface area contributed by atoms with Crippen LogP contribution in [0.25, 0.3) is 0 Å². The predicted molar refractivity (Wildman–Crippen MR) is 63.6 cm³/mol. The molecule has 0 bridgehead atoms. The molecule has 6 nitrogen and oxygen atoms in total. The van der Waals surface area contributed by atoms with E-state index in [0.717, 1.165) is 5.56 Å². The molecule has 1 aromatic carbocycles. The summed E-state index contributed by atoms with van der Waals surface area (Å²) in [6, 6.07) is 7.39. The fraction of sp³-hybridized carbons (Fsp3) is 0.250. The summed E-state index contributed by atoms with van der Waals surface area (Å²) in [4.78, 5) is 11.6. The van der Waals surface area contributed by atoms with Crippen LogP contribution in [0.5, 0.6) is 11.6 Å². The number of nitrogens with one attached hydrogen (secondary N) is 1. The first kappa shape index (κ1) is 12.1. The number of hydrogen-bond donors (Lipinski definition) is 1. The maximum atomic E-state index is 11.6. The number of carbonyl (C=O) groups excluding carboxylic acids is 1. The summed E-state index contributed by atoms with van der Waals surface area (Å²) in [5.74, 6) is 0.155. The topological polar surface area (TPSA) is 77.1 Å². The Bertz CT molecular complexity index is 534. The van der Waals surface area contributed by atoms with Crippen molar-refractivity contribution in [3.8, 4) is 11.6 Å². The van der Waals surface area contributed by atoms with Crippen LogP contribution in [0.3, 0.4) is 0 Å². The lowest BCUT2D eigenvalue weighted by Gasteiger charge is -2.04. The third-order valence-corrected chi connectivity index (χ3v) is 2.23. The zero-order valence-corrected chi connectivity index (χ0v) is 10.1. The third-order valence-electron chi connectivity index (χ3n) is 2.23. The van der Waals surface area contributed by atoms with E-state index in [4.69, 9.17) is 9.47 Å². The van der Waals surface area contributed by atoms with Crippen molar-refractivity contribution in [3.05, 3.63) is 35.5 Å². The number of benzene rings is 1. The van der Waals surface area contributed by atoms with E-state index >= 15 is 0 Å². The number of nitrogens with zero attached hydrogens (tertiary/aromatic N) is 2. The van der Waals surface area contributed by atoms with E-state index in [0.29, 0.717) is 5.75 Å². The zero-order valence-electron chi connectivity index (χ0n) is 10.1. The van der Waals surface area contributed by atoms with Gasteiger partial charge in [0, 0.05) is 0 Å². The van der Waals surface area contributed by atoms with Gasteiger partial charge in [-0.3, -0.25) is 0 Å². The van der Waals surface area contributed by atoms with Crippen LogP contribution in [0.1, 0.15) is 23.0 Å². The highest BCUT2D eigenvalue weighted by Crippen LogP contribution is 2.22. The number of esters is 1. The van der Waals surface area contributed by atoms with Crippen molar-refractivity contribution < 1.29 is 14.3 Å². The molecule has 0 unspecified atom stereocenters. The molecule has 0 radical (unpaired) electrons. The summed E-state index contributed by atoms with van der Waals surface area (Å²) in [5, 5.41) is 9.71. The molecule has 1 heterocycles. The second-order valence-electron chi connectivity index (χ2n) is 3.63. The molecule has 0 saturated heterocycles. The summed E-state index contributed by atoms with van der Waals surface area (Å²) in [7, 11) is 0. The smallest absolute Gasteiger partial charge is 0.362 e. The lowest BCUT2D eigenvalue weighted by Crippen LogP contribution is -2.06. The molecule has 0 fully saturated rings. The SMILES string of the molecule is CCOC(=O)c1[nH]nnc1Oc1ccc(C)cc1. The molecule has 2 aromatic rings. The Labute approximate surface area is 104 Å². The van der Waals surface area contributed by atoms with Crippen LogP contribution >= 0.6 is 0 Å². The van der Waals surface area contributed by atoms with Gasteiger partial charge in [0.2, 0.25) is 5.69 Å². The van der Waals surface area contributed by atoms with Gasteiger partial charge in [-0.2, -0.15) is 0 Å². The second-order valence-corrected chi connectivity index (χ2v) is 3.63. The second kappa shape index (κ2) is 5.31. The average Bonchev–Trinajstić information content (AvgIpc) is 2.81. The van der Waals surface area contributed by atoms with Gasteiger partial charge in [0.15, 0.2) is 0 Å². The number of rotatable bonds is 4. The van der Waals surface area contributed by atoms with Gasteiger partial charge in [-0.15, -0.1) is 0 Å². The molecule has 94 valence electrons. The first-order valence-corrected chi connectivity index (χ1v) is 5.53. The number of H-pyrrole nitrogens is 1. The average molecular weight is 247 g/mol. The first-order chi connectivity index (χ1) is 8.70. The van der Waals surface area contributed by atoms with Gasteiger partial charge in [-0.05, 0) is 26.0 Å². The van der Waals surface area contributed by atoms with Crippen LogP contribution in [-0.4, -0.2) is 28.0 Å². The fourth-order valence-electron chi connectivity index (χ4n) is 1.34. The summed E-state index contributed by atoms with van der Waals surface area (Å²) < 4.78 is 10.3. The van der Waals surface area contributed by atoms with Crippen molar-refractivity contribution in [3.63, 3.8) is 0 Å². The molecule has 0 amide bonds. The van der Waals surface area contributed by atoms with Gasteiger partial charge in [0.1, 0.15) is 5.75 Å². The third kappa shape index (κ3) is 2.65. The standard InChI is InChI=1S/C12H13N3O3/c1-3-17-12(16)10-11(14-15-13-10)18-9-6-4-8(2)5-7-9/h4-7H,3H2,1-2H3,(H,13,14,15). The largest absolute Gasteiger partial charge is 0.461 e. The van der Waals surface area contributed by atoms with E-state index < -0.39 is 5.97 Å². The zero-order chi connectivity index (χ0) is 13.0. The van der Waals surface area contributed by atoms with E-state index in [1.807, 2.05) is 19.1 Å². The molecule has 0 atom stereocenters. The van der Waals surface area contributed by atoms with Crippen LogP contribution < -0.4 is 4.74 Å². The van der Waals surface area contributed by atoms with E-state index in [1.54, 1.807) is 19.1 Å². The number of aromatic nitrogens is 3. The van der Waals surface area contributed by atoms with Gasteiger partial charge in [-0.25, -0.2) is 9.89 Å². The Morgan fingerprint density at radius 2 is 2.06 bits per heavy atom. The highest BCUT2D eigenvalue weighted by molar-refractivity contribution is 5.89. The lowest BCUT2D eigenvalue weighted by atomic mass is 10.2. The Morgan fingerprint density at radius 1 is 1.33 bits per heavy atom. The quantitative estimate of drug-likeness (QED) is 0.837. The van der Waals surface area contributed by atoms with Gasteiger partial charge < -0.3 is 9.47 Å². The van der Waals surface area contributed by atoms with E-state index in [9.17, 15) is 4.79 Å². The highest BCUT2D eigenvalue weighted by atomic mass is 16.5. The minimum absolute atomic E-state index is 0.109. The Balaban J connectivity index is 2.17. The fourth-order valence-corrected chi connectivity index (χ4v) is 1.34. The summed E-state index contributed by atoms with van der Waals surface area (Å²) in [6.07, 6.45) is 0. The summed E-state index contributed by atoms with van der Waals surface area (Å²) in [6.45, 7) is 3.98. The Morgan fingerprint density at radius 3 is 2.72 bits per heavy atom. The molecular formula is C12H13N3O3. The maximum Gasteiger partial charge on any atom is 0.362 e. The first-order valence-electron chi connectivity index (χ1n) is 5.53. The van der Waals surface area contributed by atoms with Gasteiger partial charge in [-0.1, -0.05) is 28.0 Å². The van der Waals surface area contributed by atoms with Gasteiger partial charge >= 0.3 is 5.97 Å². The van der Waals surface area contributed by atoms with E-state index in [-0.39, 0.29) is 18.2 Å². The van der Waals surface area contributed by atoms with Crippen molar-refractivity contribution >= 4 is 5.97 Å². The molecule has 0 spiro atoms. The molecule has 0 aliphatic heterocycles. The number of carbonyl (C=O) groups is 1. The van der Waals surface area contributed by atoms with Crippen LogP contribution in [0.15, 0.2) is 24.3 Å². The van der Waals surface area contributed by atoms with Crippen LogP contribution in [0.4, 0.5) is 0 Å². The summed E-state index contributed by atoms with van der Waals surface area (Å²) >= 11 is 0. The molecule has 2 rings (SSSR count). The predicted octanol–water partition coefficient (Wildman–Crippen LogP) is 2.08. The molecule has 1 aromatic heterocycles. The molecule has 0 saturated carbocycles. The van der Waals surface area contributed by atoms with E-state index in [1.165, 1.54) is 0 Å². The van der Waals surface area contributed by atoms with Crippen molar-refractivity contribution in [2.75, 3.05) is 6.61 Å². The van der Waals surface area contributed by atoms with Crippen molar-refractivity contribution in [2.45, 2.75) is 13.8 Å².